The van der Waals surface area contributed by atoms with Gasteiger partial charge in [0, 0.05) is 6.07 Å². The molecule has 0 bridgehead atoms. The van der Waals surface area contributed by atoms with Gasteiger partial charge in [0.25, 0.3) is 0 Å². The monoisotopic (exact) mass is 248 g/mol. The van der Waals surface area contributed by atoms with Crippen LogP contribution < -0.4 is 0 Å². The van der Waals surface area contributed by atoms with Gasteiger partial charge in [-0.15, -0.1) is 0 Å². The second kappa shape index (κ2) is 4.33. The van der Waals surface area contributed by atoms with Gasteiger partial charge < -0.3 is 4.74 Å². The number of rotatable bonds is 1. The van der Waals surface area contributed by atoms with Crippen LogP contribution in [-0.4, -0.2) is 21.5 Å². The van der Waals surface area contributed by atoms with E-state index >= 15 is 0 Å². The fraction of sp³-hybridized carbons (Fsp3) is 0.444. The van der Waals surface area contributed by atoms with E-state index in [0.29, 0.717) is 0 Å². The van der Waals surface area contributed by atoms with Crippen LogP contribution in [0.25, 0.3) is 0 Å². The summed E-state index contributed by atoms with van der Waals surface area (Å²) < 4.78 is 5.05. The number of hydrogen-bond donors (Lipinski definition) is 0. The molecule has 6 heteroatoms. The molecule has 0 saturated carbocycles. The lowest BCUT2D eigenvalue weighted by Gasteiger charge is -2.18. The maximum absolute atomic E-state index is 11.5. The highest BCUT2D eigenvalue weighted by atomic mass is 35.5. The quantitative estimate of drug-likeness (QED) is 0.567. The lowest BCUT2D eigenvalue weighted by Crippen LogP contribution is -2.25. The van der Waals surface area contributed by atoms with Crippen molar-refractivity contribution in [3.8, 4) is 0 Å². The molecule has 0 aliphatic carbocycles. The highest BCUT2D eigenvalue weighted by Crippen LogP contribution is 2.14. The standard InChI is InChI=1S/C9H10Cl2N2O2/c1-9(2,3)15-8(14)7-12-5(10)4-6(11)13-7/h4H,1-3H3. The van der Waals surface area contributed by atoms with E-state index in [1.807, 2.05) is 0 Å². The zero-order valence-electron chi connectivity index (χ0n) is 8.54. The van der Waals surface area contributed by atoms with E-state index in [-0.39, 0.29) is 16.1 Å². The largest absolute Gasteiger partial charge is 0.454 e. The van der Waals surface area contributed by atoms with E-state index in [4.69, 9.17) is 27.9 Å². The van der Waals surface area contributed by atoms with Crippen molar-refractivity contribution < 1.29 is 9.53 Å². The first-order valence-electron chi connectivity index (χ1n) is 4.21. The van der Waals surface area contributed by atoms with Gasteiger partial charge in [0.05, 0.1) is 0 Å². The SMILES string of the molecule is CC(C)(C)OC(=O)c1nc(Cl)cc(Cl)n1. The van der Waals surface area contributed by atoms with Crippen LogP contribution in [0.2, 0.25) is 10.3 Å². The third-order valence-electron chi connectivity index (χ3n) is 1.25. The molecular weight excluding hydrogens is 239 g/mol. The zero-order valence-corrected chi connectivity index (χ0v) is 10.1. The number of carbonyl (C=O) groups is 1. The second-order valence-electron chi connectivity index (χ2n) is 3.84. The van der Waals surface area contributed by atoms with Crippen molar-refractivity contribution in [3.05, 3.63) is 22.2 Å². The Morgan fingerprint density at radius 1 is 1.27 bits per heavy atom. The van der Waals surface area contributed by atoms with Crippen molar-refractivity contribution >= 4 is 29.2 Å². The van der Waals surface area contributed by atoms with E-state index in [2.05, 4.69) is 9.97 Å². The van der Waals surface area contributed by atoms with Crippen LogP contribution in [0.5, 0.6) is 0 Å². The van der Waals surface area contributed by atoms with Gasteiger partial charge in [-0.1, -0.05) is 23.2 Å². The molecule has 1 aromatic rings. The van der Waals surface area contributed by atoms with Gasteiger partial charge in [-0.3, -0.25) is 0 Å². The van der Waals surface area contributed by atoms with Gasteiger partial charge in [-0.25, -0.2) is 14.8 Å². The predicted molar refractivity (Wildman–Crippen MR) is 57.2 cm³/mol. The van der Waals surface area contributed by atoms with Gasteiger partial charge in [0.15, 0.2) is 0 Å². The van der Waals surface area contributed by atoms with Crippen molar-refractivity contribution in [2.24, 2.45) is 0 Å². The minimum absolute atomic E-state index is 0.107. The summed E-state index contributed by atoms with van der Waals surface area (Å²) in [5.41, 5.74) is -0.602. The molecule has 0 unspecified atom stereocenters. The first-order valence-corrected chi connectivity index (χ1v) is 4.97. The summed E-state index contributed by atoms with van der Waals surface area (Å²) in [6, 6.07) is 1.34. The van der Waals surface area contributed by atoms with Gasteiger partial charge >= 0.3 is 5.97 Å². The number of aromatic nitrogens is 2. The number of hydrogen-bond acceptors (Lipinski definition) is 4. The third kappa shape index (κ3) is 4.01. The zero-order chi connectivity index (χ0) is 11.6. The van der Waals surface area contributed by atoms with E-state index < -0.39 is 11.6 Å². The molecular formula is C9H10Cl2N2O2. The summed E-state index contributed by atoms with van der Waals surface area (Å²) in [4.78, 5) is 18.9. The minimum Gasteiger partial charge on any atom is -0.454 e. The number of esters is 1. The summed E-state index contributed by atoms with van der Waals surface area (Å²) in [5, 5.41) is 0.215. The van der Waals surface area contributed by atoms with Crippen LogP contribution in [-0.2, 0) is 4.74 Å². The molecule has 0 fully saturated rings. The normalized spacial score (nSPS) is 11.3. The summed E-state index contributed by atoms with van der Waals surface area (Å²) in [6.07, 6.45) is 0. The Kier molecular flexibility index (Phi) is 3.52. The van der Waals surface area contributed by atoms with Gasteiger partial charge in [0.2, 0.25) is 5.82 Å². The summed E-state index contributed by atoms with van der Waals surface area (Å²) in [6.45, 7) is 5.24. The number of carbonyl (C=O) groups excluding carboxylic acids is 1. The molecule has 0 aliphatic heterocycles. The van der Waals surface area contributed by atoms with Crippen LogP contribution in [0, 0.1) is 0 Å². The van der Waals surface area contributed by atoms with Crippen molar-refractivity contribution in [2.75, 3.05) is 0 Å². The summed E-state index contributed by atoms with van der Waals surface area (Å²) in [7, 11) is 0. The Balaban J connectivity index is 2.92. The Bertz CT molecular complexity index is 368. The van der Waals surface area contributed by atoms with E-state index in [0.717, 1.165) is 0 Å². The molecule has 15 heavy (non-hydrogen) atoms. The maximum atomic E-state index is 11.5. The molecule has 82 valence electrons. The Labute approximate surface area is 97.6 Å². The first-order chi connectivity index (χ1) is 6.78. The fourth-order valence-corrected chi connectivity index (χ4v) is 1.23. The molecule has 1 aromatic heterocycles. The lowest BCUT2D eigenvalue weighted by molar-refractivity contribution is 0.00555. The molecule has 0 atom stereocenters. The lowest BCUT2D eigenvalue weighted by atomic mass is 10.2. The molecule has 1 heterocycles. The van der Waals surface area contributed by atoms with Crippen molar-refractivity contribution in [2.45, 2.75) is 26.4 Å². The summed E-state index contributed by atoms with van der Waals surface area (Å²) in [5.74, 6) is -0.783. The minimum atomic E-state index is -0.646. The van der Waals surface area contributed by atoms with Gasteiger partial charge in [-0.2, -0.15) is 0 Å². The number of nitrogens with zero attached hydrogens (tertiary/aromatic N) is 2. The predicted octanol–water partition coefficient (Wildman–Crippen LogP) is 2.74. The van der Waals surface area contributed by atoms with E-state index in [1.54, 1.807) is 20.8 Å². The topological polar surface area (TPSA) is 52.1 Å². The molecule has 0 spiro atoms. The molecule has 0 aromatic carbocycles. The van der Waals surface area contributed by atoms with Crippen LogP contribution in [0.3, 0.4) is 0 Å². The molecule has 0 radical (unpaired) electrons. The van der Waals surface area contributed by atoms with Crippen LogP contribution in [0.1, 0.15) is 31.4 Å². The van der Waals surface area contributed by atoms with E-state index in [9.17, 15) is 4.79 Å². The fourth-order valence-electron chi connectivity index (χ4n) is 0.805. The smallest absolute Gasteiger partial charge is 0.376 e. The van der Waals surface area contributed by atoms with Crippen LogP contribution in [0.4, 0.5) is 0 Å². The Hall–Kier alpha value is -0.870. The molecule has 0 amide bonds. The van der Waals surface area contributed by atoms with Gasteiger partial charge in [-0.05, 0) is 20.8 Å². The molecule has 0 N–H and O–H groups in total. The highest BCUT2D eigenvalue weighted by Gasteiger charge is 2.20. The summed E-state index contributed by atoms with van der Waals surface area (Å²) >= 11 is 11.2. The van der Waals surface area contributed by atoms with Crippen LogP contribution in [0.15, 0.2) is 6.07 Å². The van der Waals surface area contributed by atoms with E-state index in [1.165, 1.54) is 6.07 Å². The Morgan fingerprint density at radius 2 is 1.73 bits per heavy atom. The Morgan fingerprint density at radius 3 is 2.13 bits per heavy atom. The maximum Gasteiger partial charge on any atom is 0.376 e. The molecule has 1 rings (SSSR count). The number of ether oxygens (including phenoxy) is 1. The molecule has 0 saturated heterocycles. The third-order valence-corrected chi connectivity index (χ3v) is 1.63. The average Bonchev–Trinajstić information content (AvgIpc) is 1.98. The van der Waals surface area contributed by atoms with Crippen molar-refractivity contribution in [1.82, 2.24) is 9.97 Å². The van der Waals surface area contributed by atoms with Gasteiger partial charge in [0.1, 0.15) is 15.9 Å². The average molecular weight is 249 g/mol. The number of halogens is 2. The highest BCUT2D eigenvalue weighted by molar-refractivity contribution is 6.33. The molecule has 4 nitrogen and oxygen atoms in total. The van der Waals surface area contributed by atoms with Crippen molar-refractivity contribution in [1.29, 1.82) is 0 Å². The molecule has 0 aliphatic rings. The first kappa shape index (κ1) is 12.2. The second-order valence-corrected chi connectivity index (χ2v) is 4.61. The van der Waals surface area contributed by atoms with Crippen molar-refractivity contribution in [3.63, 3.8) is 0 Å². The van der Waals surface area contributed by atoms with Crippen LogP contribution >= 0.6 is 23.2 Å².